The summed E-state index contributed by atoms with van der Waals surface area (Å²) in [5.74, 6) is 0. The topological polar surface area (TPSA) is 41.5 Å². The van der Waals surface area contributed by atoms with Gasteiger partial charge in [-0.2, -0.15) is 0 Å². The molecule has 0 saturated carbocycles. The van der Waals surface area contributed by atoms with Crippen molar-refractivity contribution in [3.8, 4) is 0 Å². The van der Waals surface area contributed by atoms with Crippen LogP contribution < -0.4 is 5.32 Å². The molecule has 1 unspecified atom stereocenters. The SMILES string of the molecule is CNC1C[C@@H](C)O[C@@H](O)C1. The molecule has 1 aliphatic heterocycles. The standard InChI is InChI=1S/C7H15NO2/c1-5-3-6(8-2)4-7(9)10-5/h5-9H,3-4H2,1-2H3/t5-,6?,7-/m1/s1. The Morgan fingerprint density at radius 1 is 1.50 bits per heavy atom. The second-order valence-corrected chi connectivity index (χ2v) is 2.86. The van der Waals surface area contributed by atoms with Gasteiger partial charge in [-0.05, 0) is 20.4 Å². The lowest BCUT2D eigenvalue weighted by Crippen LogP contribution is -2.40. The van der Waals surface area contributed by atoms with E-state index in [4.69, 9.17) is 9.84 Å². The van der Waals surface area contributed by atoms with Crippen LogP contribution in [0, 0.1) is 0 Å². The number of hydrogen-bond donors (Lipinski definition) is 2. The molecular weight excluding hydrogens is 130 g/mol. The Morgan fingerprint density at radius 3 is 2.70 bits per heavy atom. The molecular formula is C7H15NO2. The molecule has 0 aromatic carbocycles. The van der Waals surface area contributed by atoms with Gasteiger partial charge in [-0.3, -0.25) is 0 Å². The fraction of sp³-hybridized carbons (Fsp3) is 1.00. The van der Waals surface area contributed by atoms with E-state index < -0.39 is 6.29 Å². The molecule has 0 aromatic rings. The van der Waals surface area contributed by atoms with Gasteiger partial charge in [0.2, 0.25) is 0 Å². The van der Waals surface area contributed by atoms with Crippen molar-refractivity contribution < 1.29 is 9.84 Å². The summed E-state index contributed by atoms with van der Waals surface area (Å²) in [5, 5.41) is 12.2. The first-order valence-electron chi connectivity index (χ1n) is 3.73. The molecule has 60 valence electrons. The van der Waals surface area contributed by atoms with Gasteiger partial charge < -0.3 is 15.2 Å². The molecule has 0 aromatic heterocycles. The smallest absolute Gasteiger partial charge is 0.156 e. The fourth-order valence-corrected chi connectivity index (χ4v) is 1.36. The lowest BCUT2D eigenvalue weighted by atomic mass is 10.0. The zero-order chi connectivity index (χ0) is 7.56. The average Bonchev–Trinajstić information content (AvgIpc) is 1.85. The van der Waals surface area contributed by atoms with E-state index in [0.29, 0.717) is 12.5 Å². The number of rotatable bonds is 1. The molecule has 3 atom stereocenters. The van der Waals surface area contributed by atoms with Crippen molar-refractivity contribution in [1.82, 2.24) is 5.32 Å². The highest BCUT2D eigenvalue weighted by Gasteiger charge is 2.23. The predicted octanol–water partition coefficient (Wildman–Crippen LogP) is 0.0917. The minimum atomic E-state index is -0.568. The van der Waals surface area contributed by atoms with Crippen molar-refractivity contribution in [3.05, 3.63) is 0 Å². The number of ether oxygens (including phenoxy) is 1. The molecule has 0 spiro atoms. The minimum absolute atomic E-state index is 0.182. The molecule has 3 nitrogen and oxygen atoms in total. The molecule has 10 heavy (non-hydrogen) atoms. The summed E-state index contributed by atoms with van der Waals surface area (Å²) in [6.45, 7) is 1.98. The second-order valence-electron chi connectivity index (χ2n) is 2.86. The summed E-state index contributed by atoms with van der Waals surface area (Å²) in [6.07, 6.45) is 1.32. The Kier molecular flexibility index (Phi) is 2.65. The Labute approximate surface area is 61.4 Å². The van der Waals surface area contributed by atoms with Gasteiger partial charge in [0, 0.05) is 12.5 Å². The molecule has 0 amide bonds. The maximum atomic E-state index is 9.12. The van der Waals surface area contributed by atoms with Crippen LogP contribution in [-0.2, 0) is 4.74 Å². The van der Waals surface area contributed by atoms with E-state index >= 15 is 0 Å². The van der Waals surface area contributed by atoms with Gasteiger partial charge in [-0.15, -0.1) is 0 Å². The molecule has 1 saturated heterocycles. The lowest BCUT2D eigenvalue weighted by molar-refractivity contribution is -0.163. The van der Waals surface area contributed by atoms with Crippen LogP contribution in [0.2, 0.25) is 0 Å². The van der Waals surface area contributed by atoms with E-state index in [-0.39, 0.29) is 6.10 Å². The van der Waals surface area contributed by atoms with Crippen LogP contribution in [0.25, 0.3) is 0 Å². The van der Waals surface area contributed by atoms with Gasteiger partial charge in [0.15, 0.2) is 6.29 Å². The van der Waals surface area contributed by atoms with E-state index in [1.54, 1.807) is 0 Å². The van der Waals surface area contributed by atoms with Crippen molar-refractivity contribution >= 4 is 0 Å². The molecule has 0 aliphatic carbocycles. The highest BCUT2D eigenvalue weighted by Crippen LogP contribution is 2.16. The third-order valence-electron chi connectivity index (χ3n) is 1.90. The summed E-state index contributed by atoms with van der Waals surface area (Å²) >= 11 is 0. The van der Waals surface area contributed by atoms with Gasteiger partial charge in [-0.1, -0.05) is 0 Å². The van der Waals surface area contributed by atoms with Crippen molar-refractivity contribution in [3.63, 3.8) is 0 Å². The molecule has 2 N–H and O–H groups in total. The van der Waals surface area contributed by atoms with Crippen molar-refractivity contribution in [2.45, 2.75) is 38.2 Å². The van der Waals surface area contributed by atoms with E-state index in [1.807, 2.05) is 14.0 Å². The fourth-order valence-electron chi connectivity index (χ4n) is 1.36. The first-order valence-corrected chi connectivity index (χ1v) is 3.73. The lowest BCUT2D eigenvalue weighted by Gasteiger charge is -2.30. The summed E-state index contributed by atoms with van der Waals surface area (Å²) < 4.78 is 5.13. The normalized spacial score (nSPS) is 41.7. The quantitative estimate of drug-likeness (QED) is 0.549. The van der Waals surface area contributed by atoms with Crippen LogP contribution >= 0.6 is 0 Å². The minimum Gasteiger partial charge on any atom is -0.368 e. The molecule has 1 aliphatic rings. The first-order chi connectivity index (χ1) is 4.72. The van der Waals surface area contributed by atoms with Gasteiger partial charge in [0.25, 0.3) is 0 Å². The Balaban J connectivity index is 2.35. The monoisotopic (exact) mass is 145 g/mol. The first kappa shape index (κ1) is 7.98. The zero-order valence-corrected chi connectivity index (χ0v) is 6.50. The molecule has 1 fully saturated rings. The maximum Gasteiger partial charge on any atom is 0.156 e. The number of aliphatic hydroxyl groups is 1. The van der Waals surface area contributed by atoms with Crippen LogP contribution in [0.15, 0.2) is 0 Å². The number of hydrogen-bond acceptors (Lipinski definition) is 3. The molecule has 1 rings (SSSR count). The largest absolute Gasteiger partial charge is 0.368 e. The highest BCUT2D eigenvalue weighted by molar-refractivity contribution is 4.74. The van der Waals surface area contributed by atoms with Gasteiger partial charge in [0.1, 0.15) is 0 Å². The third-order valence-corrected chi connectivity index (χ3v) is 1.90. The molecule has 0 radical (unpaired) electrons. The number of nitrogens with one attached hydrogen (secondary N) is 1. The number of aliphatic hydroxyl groups excluding tert-OH is 1. The predicted molar refractivity (Wildman–Crippen MR) is 38.6 cm³/mol. The molecule has 0 bridgehead atoms. The van der Waals surface area contributed by atoms with Crippen molar-refractivity contribution in [2.24, 2.45) is 0 Å². The van der Waals surface area contributed by atoms with E-state index in [0.717, 1.165) is 6.42 Å². The van der Waals surface area contributed by atoms with E-state index in [1.165, 1.54) is 0 Å². The zero-order valence-electron chi connectivity index (χ0n) is 6.50. The Hall–Kier alpha value is -0.120. The Bertz CT molecular complexity index is 97.8. The Morgan fingerprint density at radius 2 is 2.20 bits per heavy atom. The van der Waals surface area contributed by atoms with Gasteiger partial charge >= 0.3 is 0 Å². The van der Waals surface area contributed by atoms with Crippen molar-refractivity contribution in [1.29, 1.82) is 0 Å². The van der Waals surface area contributed by atoms with Gasteiger partial charge in [0.05, 0.1) is 6.10 Å². The van der Waals surface area contributed by atoms with Crippen LogP contribution in [0.3, 0.4) is 0 Å². The second kappa shape index (κ2) is 3.32. The third kappa shape index (κ3) is 1.94. The van der Waals surface area contributed by atoms with E-state index in [2.05, 4.69) is 5.32 Å². The average molecular weight is 145 g/mol. The van der Waals surface area contributed by atoms with Crippen LogP contribution in [0.1, 0.15) is 19.8 Å². The summed E-state index contributed by atoms with van der Waals surface area (Å²) in [6, 6.07) is 0.416. The highest BCUT2D eigenvalue weighted by atomic mass is 16.6. The van der Waals surface area contributed by atoms with Crippen LogP contribution in [0.5, 0.6) is 0 Å². The van der Waals surface area contributed by atoms with Gasteiger partial charge in [-0.25, -0.2) is 0 Å². The maximum absolute atomic E-state index is 9.12. The molecule has 3 heteroatoms. The molecule has 1 heterocycles. The van der Waals surface area contributed by atoms with Crippen LogP contribution in [-0.4, -0.2) is 30.6 Å². The summed E-state index contributed by atoms with van der Waals surface area (Å²) in [4.78, 5) is 0. The summed E-state index contributed by atoms with van der Waals surface area (Å²) in [5.41, 5.74) is 0. The van der Waals surface area contributed by atoms with Crippen LogP contribution in [0.4, 0.5) is 0 Å². The summed E-state index contributed by atoms with van der Waals surface area (Å²) in [7, 11) is 1.91. The van der Waals surface area contributed by atoms with Crippen molar-refractivity contribution in [2.75, 3.05) is 7.05 Å². The van der Waals surface area contributed by atoms with E-state index in [9.17, 15) is 0 Å².